The van der Waals surface area contributed by atoms with Crippen molar-refractivity contribution >= 4 is 28.4 Å². The fourth-order valence-corrected chi connectivity index (χ4v) is 2.87. The molecule has 3 aromatic carbocycles. The fourth-order valence-electron chi connectivity index (χ4n) is 2.87. The first-order valence-corrected chi connectivity index (χ1v) is 9.34. The van der Waals surface area contributed by atoms with Crippen LogP contribution < -0.4 is 14.8 Å². The number of nitrogens with zero attached hydrogens (tertiary/aromatic N) is 2. The first-order chi connectivity index (χ1) is 14.7. The van der Waals surface area contributed by atoms with Gasteiger partial charge >= 0.3 is 5.97 Å². The molecule has 0 saturated heterocycles. The summed E-state index contributed by atoms with van der Waals surface area (Å²) in [7, 11) is 0. The highest BCUT2D eigenvalue weighted by Crippen LogP contribution is 2.27. The van der Waals surface area contributed by atoms with E-state index in [0.29, 0.717) is 18.2 Å². The van der Waals surface area contributed by atoms with Crippen molar-refractivity contribution in [2.45, 2.75) is 6.61 Å². The summed E-state index contributed by atoms with van der Waals surface area (Å²) >= 11 is 0. The second kappa shape index (κ2) is 8.87. The predicted molar refractivity (Wildman–Crippen MR) is 116 cm³/mol. The molecule has 0 radical (unpaired) electrons. The maximum absolute atomic E-state index is 11.5. The lowest BCUT2D eigenvalue weighted by Gasteiger charge is -2.11. The molecule has 4 rings (SSSR count). The van der Waals surface area contributed by atoms with Gasteiger partial charge in [-0.2, -0.15) is 0 Å². The van der Waals surface area contributed by atoms with Crippen LogP contribution in [-0.2, 0) is 11.4 Å². The zero-order valence-corrected chi connectivity index (χ0v) is 16.1. The lowest BCUT2D eigenvalue weighted by molar-refractivity contribution is -0.128. The van der Waals surface area contributed by atoms with E-state index in [0.717, 1.165) is 34.0 Å². The molecule has 4 aromatic rings. The third-order valence-corrected chi connectivity index (χ3v) is 4.36. The summed E-state index contributed by atoms with van der Waals surface area (Å²) in [6.45, 7) is 3.92. The lowest BCUT2D eigenvalue weighted by atomic mass is 10.2. The van der Waals surface area contributed by atoms with Gasteiger partial charge in [0.05, 0.1) is 5.52 Å². The number of carbonyl (C=O) groups is 1. The van der Waals surface area contributed by atoms with E-state index in [1.165, 1.54) is 6.33 Å². The van der Waals surface area contributed by atoms with Crippen molar-refractivity contribution in [3.05, 3.63) is 97.3 Å². The Kier molecular flexibility index (Phi) is 5.66. The Morgan fingerprint density at radius 1 is 0.967 bits per heavy atom. The molecule has 0 aliphatic heterocycles. The van der Waals surface area contributed by atoms with Crippen molar-refractivity contribution in [2.24, 2.45) is 0 Å². The molecular weight excluding hydrogens is 378 g/mol. The molecule has 148 valence electrons. The number of benzene rings is 3. The fraction of sp³-hybridized carbons (Fsp3) is 0.0417. The van der Waals surface area contributed by atoms with Gasteiger partial charge in [-0.25, -0.2) is 14.8 Å². The summed E-state index contributed by atoms with van der Waals surface area (Å²) < 4.78 is 11.0. The quantitative estimate of drug-likeness (QED) is 0.267. The van der Waals surface area contributed by atoms with Gasteiger partial charge < -0.3 is 14.8 Å². The van der Waals surface area contributed by atoms with Crippen molar-refractivity contribution in [1.82, 2.24) is 9.97 Å². The third-order valence-electron chi connectivity index (χ3n) is 4.36. The minimum Gasteiger partial charge on any atom is -0.489 e. The summed E-state index contributed by atoms with van der Waals surface area (Å²) in [4.78, 5) is 20.1. The molecule has 1 heterocycles. The summed E-state index contributed by atoms with van der Waals surface area (Å²) in [5.74, 6) is 1.26. The molecule has 0 aliphatic rings. The number of fused-ring (bicyclic) bond motifs is 1. The van der Waals surface area contributed by atoms with E-state index in [1.807, 2.05) is 54.6 Å². The van der Waals surface area contributed by atoms with Crippen molar-refractivity contribution < 1.29 is 14.3 Å². The molecule has 30 heavy (non-hydrogen) atoms. The molecule has 0 spiro atoms. The van der Waals surface area contributed by atoms with E-state index >= 15 is 0 Å². The van der Waals surface area contributed by atoms with Gasteiger partial charge in [0, 0.05) is 17.1 Å². The Morgan fingerprint density at radius 3 is 2.50 bits per heavy atom. The zero-order chi connectivity index (χ0) is 20.8. The summed E-state index contributed by atoms with van der Waals surface area (Å²) in [6, 6.07) is 22.8. The number of hydrogen-bond acceptors (Lipinski definition) is 6. The van der Waals surface area contributed by atoms with Gasteiger partial charge in [0.25, 0.3) is 0 Å². The molecule has 1 aromatic heterocycles. The van der Waals surface area contributed by atoms with Crippen molar-refractivity contribution in [1.29, 1.82) is 0 Å². The Hall–Kier alpha value is -4.19. The number of hydrogen-bond donors (Lipinski definition) is 1. The molecule has 6 nitrogen and oxygen atoms in total. The molecule has 6 heteroatoms. The topological polar surface area (TPSA) is 73.3 Å². The van der Waals surface area contributed by atoms with Gasteiger partial charge in [0.2, 0.25) is 0 Å². The van der Waals surface area contributed by atoms with Gasteiger partial charge in [0.15, 0.2) is 0 Å². The van der Waals surface area contributed by atoms with E-state index < -0.39 is 5.97 Å². The molecule has 1 N–H and O–H groups in total. The van der Waals surface area contributed by atoms with E-state index in [9.17, 15) is 4.79 Å². The van der Waals surface area contributed by atoms with E-state index in [2.05, 4.69) is 21.9 Å². The number of anilines is 2. The monoisotopic (exact) mass is 397 g/mol. The first kappa shape index (κ1) is 19.1. The van der Waals surface area contributed by atoms with Crippen LogP contribution in [0.15, 0.2) is 91.8 Å². The van der Waals surface area contributed by atoms with Crippen LogP contribution in [0.5, 0.6) is 11.5 Å². The number of rotatable bonds is 7. The number of ether oxygens (including phenoxy) is 2. The average Bonchev–Trinajstić information content (AvgIpc) is 2.79. The normalized spacial score (nSPS) is 10.4. The van der Waals surface area contributed by atoms with Crippen molar-refractivity contribution in [2.75, 3.05) is 5.32 Å². The third kappa shape index (κ3) is 4.62. The second-order valence-electron chi connectivity index (χ2n) is 6.45. The van der Waals surface area contributed by atoms with Gasteiger partial charge in [-0.05, 0) is 48.0 Å². The molecular formula is C24H19N3O3. The maximum Gasteiger partial charge on any atom is 0.335 e. The van der Waals surface area contributed by atoms with Crippen LogP contribution in [0.1, 0.15) is 5.56 Å². The van der Waals surface area contributed by atoms with Gasteiger partial charge in [-0.3, -0.25) is 0 Å². The Labute approximate surface area is 173 Å². The molecule has 0 atom stereocenters. The number of carbonyl (C=O) groups excluding carboxylic acids is 1. The Bertz CT molecular complexity index is 1180. The molecule has 0 bridgehead atoms. The Morgan fingerprint density at radius 2 is 1.73 bits per heavy atom. The maximum atomic E-state index is 11.5. The zero-order valence-electron chi connectivity index (χ0n) is 16.1. The minimum atomic E-state index is -0.521. The standard InChI is InChI=1S/C24H19N3O3/c1-2-23(28)30-20-12-13-22-21(14-20)24(26-16-25-22)27-18-8-10-19(11-9-18)29-15-17-6-4-3-5-7-17/h2-14,16H,1,15H2,(H,25,26,27). The minimum absolute atomic E-state index is 0.398. The highest BCUT2D eigenvalue weighted by Gasteiger charge is 2.08. The highest BCUT2D eigenvalue weighted by molar-refractivity contribution is 5.92. The molecule has 0 unspecified atom stereocenters. The summed E-state index contributed by atoms with van der Waals surface area (Å²) in [6.07, 6.45) is 2.60. The number of esters is 1. The van der Waals surface area contributed by atoms with Crippen molar-refractivity contribution in [3.63, 3.8) is 0 Å². The summed E-state index contributed by atoms with van der Waals surface area (Å²) in [5.41, 5.74) is 2.68. The second-order valence-corrected chi connectivity index (χ2v) is 6.45. The van der Waals surface area contributed by atoms with Crippen LogP contribution in [-0.4, -0.2) is 15.9 Å². The van der Waals surface area contributed by atoms with E-state index in [4.69, 9.17) is 9.47 Å². The molecule has 0 amide bonds. The highest BCUT2D eigenvalue weighted by atomic mass is 16.5. The van der Waals surface area contributed by atoms with Crippen LogP contribution in [0.25, 0.3) is 10.9 Å². The average molecular weight is 397 g/mol. The van der Waals surface area contributed by atoms with Gasteiger partial charge in [0.1, 0.15) is 30.3 Å². The number of nitrogens with one attached hydrogen (secondary N) is 1. The van der Waals surface area contributed by atoms with Crippen LogP contribution in [0.4, 0.5) is 11.5 Å². The van der Waals surface area contributed by atoms with Gasteiger partial charge in [-0.1, -0.05) is 36.9 Å². The van der Waals surface area contributed by atoms with Crippen LogP contribution in [0, 0.1) is 0 Å². The van der Waals surface area contributed by atoms with Crippen LogP contribution in [0.2, 0.25) is 0 Å². The summed E-state index contributed by atoms with van der Waals surface area (Å²) in [5, 5.41) is 4.01. The van der Waals surface area contributed by atoms with E-state index in [1.54, 1.807) is 18.2 Å². The van der Waals surface area contributed by atoms with Crippen LogP contribution in [0.3, 0.4) is 0 Å². The number of aromatic nitrogens is 2. The van der Waals surface area contributed by atoms with Gasteiger partial charge in [-0.15, -0.1) is 0 Å². The first-order valence-electron chi connectivity index (χ1n) is 9.34. The molecule has 0 fully saturated rings. The Balaban J connectivity index is 1.49. The molecule has 0 saturated carbocycles. The SMILES string of the molecule is C=CC(=O)Oc1ccc2ncnc(Nc3ccc(OCc4ccccc4)cc3)c2c1. The predicted octanol–water partition coefficient (Wildman–Crippen LogP) is 5.04. The van der Waals surface area contributed by atoms with E-state index in [-0.39, 0.29) is 0 Å². The van der Waals surface area contributed by atoms with Crippen molar-refractivity contribution in [3.8, 4) is 11.5 Å². The largest absolute Gasteiger partial charge is 0.489 e. The van der Waals surface area contributed by atoms with Crippen LogP contribution >= 0.6 is 0 Å². The molecule has 0 aliphatic carbocycles. The lowest BCUT2D eigenvalue weighted by Crippen LogP contribution is -2.03. The smallest absolute Gasteiger partial charge is 0.335 e.